The highest BCUT2D eigenvalue weighted by atomic mass is 16.3. The number of carbonyl (C=O) groups excluding carboxylic acids is 2. The molecule has 0 saturated carbocycles. The fourth-order valence-corrected chi connectivity index (χ4v) is 3.29. The lowest BCUT2D eigenvalue weighted by Crippen LogP contribution is -2.42. The molecule has 0 aliphatic heterocycles. The van der Waals surface area contributed by atoms with E-state index in [4.69, 9.17) is 4.42 Å². The van der Waals surface area contributed by atoms with Gasteiger partial charge >= 0.3 is 0 Å². The molecule has 0 aliphatic rings. The van der Waals surface area contributed by atoms with Crippen LogP contribution in [0.3, 0.4) is 0 Å². The lowest BCUT2D eigenvalue weighted by Gasteiger charge is -2.27. The van der Waals surface area contributed by atoms with Gasteiger partial charge in [-0.05, 0) is 43.2 Å². The molecule has 3 rings (SSSR count). The van der Waals surface area contributed by atoms with Gasteiger partial charge in [-0.2, -0.15) is 0 Å². The maximum Gasteiger partial charge on any atom is 0.254 e. The average molecular weight is 405 g/mol. The standard InChI is InChI=1S/C25H28N2O3/c1-3-15-26(25(29)22-13-11-20(2)12-14-22)19-24(28)27(18-23-10-7-16-30-23)17-21-8-5-4-6-9-21/h4-14,16H,3,15,17-19H2,1-2H3. The maximum atomic E-state index is 13.2. The van der Waals surface area contributed by atoms with Crippen molar-refractivity contribution in [2.75, 3.05) is 13.1 Å². The molecule has 0 radical (unpaired) electrons. The van der Waals surface area contributed by atoms with E-state index in [2.05, 4.69) is 0 Å². The van der Waals surface area contributed by atoms with Gasteiger partial charge < -0.3 is 14.2 Å². The normalized spacial score (nSPS) is 10.6. The smallest absolute Gasteiger partial charge is 0.254 e. The van der Waals surface area contributed by atoms with Gasteiger partial charge in [0, 0.05) is 18.7 Å². The minimum atomic E-state index is -0.122. The van der Waals surface area contributed by atoms with Crippen molar-refractivity contribution in [2.24, 2.45) is 0 Å². The van der Waals surface area contributed by atoms with Crippen LogP contribution in [-0.4, -0.2) is 34.7 Å². The van der Waals surface area contributed by atoms with Gasteiger partial charge in [0.25, 0.3) is 5.91 Å². The Bertz CT molecular complexity index is 934. The summed E-state index contributed by atoms with van der Waals surface area (Å²) in [5.74, 6) is 0.484. The molecule has 2 aromatic carbocycles. The van der Waals surface area contributed by atoms with Gasteiger partial charge in [-0.25, -0.2) is 0 Å². The fourth-order valence-electron chi connectivity index (χ4n) is 3.29. The molecule has 0 atom stereocenters. The Morgan fingerprint density at radius 1 is 0.867 bits per heavy atom. The molecule has 30 heavy (non-hydrogen) atoms. The van der Waals surface area contributed by atoms with E-state index in [-0.39, 0.29) is 18.4 Å². The lowest BCUT2D eigenvalue weighted by molar-refractivity contribution is -0.133. The first-order valence-electron chi connectivity index (χ1n) is 10.3. The van der Waals surface area contributed by atoms with Crippen LogP contribution in [0.4, 0.5) is 0 Å². The average Bonchev–Trinajstić information content (AvgIpc) is 3.27. The summed E-state index contributed by atoms with van der Waals surface area (Å²) in [5.41, 5.74) is 2.73. The zero-order valence-corrected chi connectivity index (χ0v) is 17.6. The quantitative estimate of drug-likeness (QED) is 0.521. The van der Waals surface area contributed by atoms with Gasteiger partial charge in [0.15, 0.2) is 0 Å². The molecular weight excluding hydrogens is 376 g/mol. The van der Waals surface area contributed by atoms with Crippen molar-refractivity contribution in [2.45, 2.75) is 33.4 Å². The minimum Gasteiger partial charge on any atom is -0.467 e. The van der Waals surface area contributed by atoms with Crippen molar-refractivity contribution in [3.05, 3.63) is 95.4 Å². The van der Waals surface area contributed by atoms with Crippen LogP contribution in [0.1, 0.15) is 40.6 Å². The summed E-state index contributed by atoms with van der Waals surface area (Å²) in [4.78, 5) is 29.6. The summed E-state index contributed by atoms with van der Waals surface area (Å²) in [6.07, 6.45) is 2.38. The van der Waals surface area contributed by atoms with Gasteiger partial charge in [0.1, 0.15) is 12.3 Å². The Balaban J connectivity index is 1.76. The van der Waals surface area contributed by atoms with E-state index in [0.29, 0.717) is 31.0 Å². The number of amides is 2. The minimum absolute atomic E-state index is 0.0358. The number of rotatable bonds is 9. The number of carbonyl (C=O) groups is 2. The lowest BCUT2D eigenvalue weighted by atomic mass is 10.1. The zero-order valence-electron chi connectivity index (χ0n) is 17.6. The highest BCUT2D eigenvalue weighted by Gasteiger charge is 2.23. The summed E-state index contributed by atoms with van der Waals surface area (Å²) < 4.78 is 5.46. The Morgan fingerprint density at radius 2 is 1.60 bits per heavy atom. The van der Waals surface area contributed by atoms with Crippen LogP contribution in [-0.2, 0) is 17.9 Å². The van der Waals surface area contributed by atoms with E-state index < -0.39 is 0 Å². The molecule has 0 unspecified atom stereocenters. The predicted octanol–water partition coefficient (Wildman–Crippen LogP) is 4.67. The van der Waals surface area contributed by atoms with E-state index in [1.165, 1.54) is 0 Å². The Morgan fingerprint density at radius 3 is 2.23 bits per heavy atom. The van der Waals surface area contributed by atoms with Crippen molar-refractivity contribution < 1.29 is 14.0 Å². The second-order valence-corrected chi connectivity index (χ2v) is 7.41. The van der Waals surface area contributed by atoms with Crippen molar-refractivity contribution in [1.82, 2.24) is 9.80 Å². The number of furan rings is 1. The van der Waals surface area contributed by atoms with Gasteiger partial charge in [-0.1, -0.05) is 55.0 Å². The Hall–Kier alpha value is -3.34. The highest BCUT2D eigenvalue weighted by Crippen LogP contribution is 2.13. The zero-order chi connectivity index (χ0) is 21.3. The molecule has 5 nitrogen and oxygen atoms in total. The molecule has 1 aromatic heterocycles. The summed E-state index contributed by atoms with van der Waals surface area (Å²) in [6.45, 7) is 5.37. The molecule has 2 amide bonds. The van der Waals surface area contributed by atoms with Gasteiger partial charge in [-0.15, -0.1) is 0 Å². The maximum absolute atomic E-state index is 13.2. The number of aryl methyl sites for hydroxylation is 1. The number of hydrogen-bond donors (Lipinski definition) is 0. The number of hydrogen-bond acceptors (Lipinski definition) is 3. The van der Waals surface area contributed by atoms with Crippen molar-refractivity contribution in [1.29, 1.82) is 0 Å². The van der Waals surface area contributed by atoms with Gasteiger partial charge in [-0.3, -0.25) is 9.59 Å². The van der Waals surface area contributed by atoms with E-state index in [1.54, 1.807) is 16.1 Å². The van der Waals surface area contributed by atoms with Crippen LogP contribution in [0.25, 0.3) is 0 Å². The van der Waals surface area contributed by atoms with Crippen LogP contribution < -0.4 is 0 Å². The van der Waals surface area contributed by atoms with E-state index in [1.807, 2.05) is 80.6 Å². The van der Waals surface area contributed by atoms with Crippen molar-refractivity contribution >= 4 is 11.8 Å². The summed E-state index contributed by atoms with van der Waals surface area (Å²) in [6, 6.07) is 21.0. The first-order valence-corrected chi connectivity index (χ1v) is 10.3. The first-order chi connectivity index (χ1) is 14.6. The summed E-state index contributed by atoms with van der Waals surface area (Å²) in [5, 5.41) is 0. The molecule has 156 valence electrons. The third-order valence-electron chi connectivity index (χ3n) is 4.90. The largest absolute Gasteiger partial charge is 0.467 e. The second-order valence-electron chi connectivity index (χ2n) is 7.41. The number of nitrogens with zero attached hydrogens (tertiary/aromatic N) is 2. The molecular formula is C25H28N2O3. The SMILES string of the molecule is CCCN(CC(=O)N(Cc1ccccc1)Cc1ccco1)C(=O)c1ccc(C)cc1. The van der Waals surface area contributed by atoms with E-state index >= 15 is 0 Å². The topological polar surface area (TPSA) is 53.8 Å². The molecule has 0 aliphatic carbocycles. The van der Waals surface area contributed by atoms with Crippen LogP contribution in [0.15, 0.2) is 77.4 Å². The summed E-state index contributed by atoms with van der Waals surface area (Å²) >= 11 is 0. The molecule has 1 heterocycles. The summed E-state index contributed by atoms with van der Waals surface area (Å²) in [7, 11) is 0. The third-order valence-corrected chi connectivity index (χ3v) is 4.90. The fraction of sp³-hybridized carbons (Fsp3) is 0.280. The molecule has 0 bridgehead atoms. The first kappa shape index (κ1) is 21.4. The van der Waals surface area contributed by atoms with Crippen molar-refractivity contribution in [3.8, 4) is 0 Å². The molecule has 0 N–H and O–H groups in total. The van der Waals surface area contributed by atoms with Crippen LogP contribution in [0.2, 0.25) is 0 Å². The van der Waals surface area contributed by atoms with Gasteiger partial charge in [0.05, 0.1) is 12.8 Å². The highest BCUT2D eigenvalue weighted by molar-refractivity contribution is 5.96. The predicted molar refractivity (Wildman–Crippen MR) is 117 cm³/mol. The third kappa shape index (κ3) is 5.83. The van der Waals surface area contributed by atoms with E-state index in [0.717, 1.165) is 17.5 Å². The molecule has 0 fully saturated rings. The Kier molecular flexibility index (Phi) is 7.44. The monoisotopic (exact) mass is 404 g/mol. The number of benzene rings is 2. The van der Waals surface area contributed by atoms with Crippen molar-refractivity contribution in [3.63, 3.8) is 0 Å². The molecule has 3 aromatic rings. The Labute approximate surface area is 177 Å². The van der Waals surface area contributed by atoms with Crippen LogP contribution in [0.5, 0.6) is 0 Å². The molecule has 5 heteroatoms. The molecule has 0 spiro atoms. The van der Waals surface area contributed by atoms with Gasteiger partial charge in [0.2, 0.25) is 5.91 Å². The van der Waals surface area contributed by atoms with E-state index in [9.17, 15) is 9.59 Å². The van der Waals surface area contributed by atoms with Crippen LogP contribution >= 0.6 is 0 Å². The molecule has 0 saturated heterocycles. The second kappa shape index (κ2) is 10.4. The van der Waals surface area contributed by atoms with Crippen LogP contribution in [0, 0.1) is 6.92 Å².